The van der Waals surface area contributed by atoms with Crippen LogP contribution in [0.4, 0.5) is 0 Å². The summed E-state index contributed by atoms with van der Waals surface area (Å²) in [5.41, 5.74) is 5.28. The number of carbonyl (C=O) groups is 1. The third kappa shape index (κ3) is 4.16. The standard InChI is InChI=1S/C23H20N4O2/c1-2-29-22-10-6-5-9-19(22)15-24-27-23(28)21-14-20(25-26-21)18-12-11-16-7-3-4-8-17(16)13-18/h3-15H,2H2,1H3,(H,25,26)(H,27,28)/b24-15-. The van der Waals surface area contributed by atoms with E-state index in [2.05, 4.69) is 32.9 Å². The van der Waals surface area contributed by atoms with Crippen molar-refractivity contribution >= 4 is 22.9 Å². The number of aromatic amines is 1. The average molecular weight is 384 g/mol. The zero-order chi connectivity index (χ0) is 20.1. The maximum absolute atomic E-state index is 12.4. The van der Waals surface area contributed by atoms with Crippen LogP contribution in [-0.4, -0.2) is 28.9 Å². The van der Waals surface area contributed by atoms with Crippen LogP contribution in [-0.2, 0) is 0 Å². The fourth-order valence-corrected chi connectivity index (χ4v) is 3.03. The number of nitrogens with one attached hydrogen (secondary N) is 2. The second kappa shape index (κ2) is 8.39. The topological polar surface area (TPSA) is 79.4 Å². The van der Waals surface area contributed by atoms with E-state index in [9.17, 15) is 4.79 Å². The molecule has 0 aliphatic carbocycles. The van der Waals surface area contributed by atoms with Crippen molar-refractivity contribution < 1.29 is 9.53 Å². The predicted molar refractivity (Wildman–Crippen MR) is 114 cm³/mol. The number of H-pyrrole nitrogens is 1. The van der Waals surface area contributed by atoms with Gasteiger partial charge in [-0.25, -0.2) is 5.43 Å². The van der Waals surface area contributed by atoms with E-state index in [0.717, 1.165) is 21.9 Å². The van der Waals surface area contributed by atoms with E-state index in [-0.39, 0.29) is 5.91 Å². The van der Waals surface area contributed by atoms with Crippen molar-refractivity contribution in [3.05, 3.63) is 84.1 Å². The van der Waals surface area contributed by atoms with E-state index in [1.807, 2.05) is 61.5 Å². The van der Waals surface area contributed by atoms with Crippen molar-refractivity contribution in [3.8, 4) is 17.0 Å². The summed E-state index contributed by atoms with van der Waals surface area (Å²) in [4.78, 5) is 12.4. The van der Waals surface area contributed by atoms with Gasteiger partial charge in [0.15, 0.2) is 0 Å². The van der Waals surface area contributed by atoms with Crippen LogP contribution in [0.3, 0.4) is 0 Å². The molecule has 4 aromatic rings. The maximum Gasteiger partial charge on any atom is 0.289 e. The van der Waals surface area contributed by atoms with E-state index in [1.54, 1.807) is 12.3 Å². The number of fused-ring (bicyclic) bond motifs is 1. The Morgan fingerprint density at radius 2 is 1.86 bits per heavy atom. The molecule has 0 bridgehead atoms. The first-order valence-corrected chi connectivity index (χ1v) is 9.34. The Hall–Kier alpha value is -3.93. The van der Waals surface area contributed by atoms with Gasteiger partial charge in [0.05, 0.1) is 18.5 Å². The van der Waals surface area contributed by atoms with Gasteiger partial charge in [0.25, 0.3) is 5.91 Å². The molecule has 0 unspecified atom stereocenters. The number of aromatic nitrogens is 2. The number of nitrogens with zero attached hydrogens (tertiary/aromatic N) is 2. The Bertz CT molecular complexity index is 1180. The molecule has 0 spiro atoms. The van der Waals surface area contributed by atoms with Gasteiger partial charge in [-0.15, -0.1) is 0 Å². The number of hydrogen-bond acceptors (Lipinski definition) is 4. The van der Waals surface area contributed by atoms with Crippen LogP contribution < -0.4 is 10.2 Å². The van der Waals surface area contributed by atoms with Gasteiger partial charge in [0.1, 0.15) is 11.4 Å². The van der Waals surface area contributed by atoms with Crippen LogP contribution in [0.5, 0.6) is 5.75 Å². The fraction of sp³-hybridized carbons (Fsp3) is 0.0870. The lowest BCUT2D eigenvalue weighted by Crippen LogP contribution is -2.18. The lowest BCUT2D eigenvalue weighted by atomic mass is 10.1. The van der Waals surface area contributed by atoms with Crippen molar-refractivity contribution in [2.75, 3.05) is 6.61 Å². The van der Waals surface area contributed by atoms with Gasteiger partial charge in [0.2, 0.25) is 0 Å². The minimum atomic E-state index is -0.366. The van der Waals surface area contributed by atoms with Crippen LogP contribution in [0.15, 0.2) is 77.9 Å². The molecule has 144 valence electrons. The highest BCUT2D eigenvalue weighted by Gasteiger charge is 2.11. The number of hydrogen-bond donors (Lipinski definition) is 2. The van der Waals surface area contributed by atoms with Gasteiger partial charge < -0.3 is 4.74 Å². The van der Waals surface area contributed by atoms with Crippen molar-refractivity contribution in [3.63, 3.8) is 0 Å². The van der Waals surface area contributed by atoms with Gasteiger partial charge in [-0.05, 0) is 42.0 Å². The van der Waals surface area contributed by atoms with Gasteiger partial charge in [-0.3, -0.25) is 9.89 Å². The molecule has 0 radical (unpaired) electrons. The molecule has 0 aliphatic heterocycles. The Balaban J connectivity index is 1.47. The third-order valence-electron chi connectivity index (χ3n) is 4.46. The first kappa shape index (κ1) is 18.4. The normalized spacial score (nSPS) is 11.1. The third-order valence-corrected chi connectivity index (χ3v) is 4.46. The van der Waals surface area contributed by atoms with E-state index >= 15 is 0 Å². The zero-order valence-corrected chi connectivity index (χ0v) is 15.9. The summed E-state index contributed by atoms with van der Waals surface area (Å²) in [5, 5.41) is 13.3. The van der Waals surface area contributed by atoms with Crippen LogP contribution in [0.2, 0.25) is 0 Å². The molecule has 0 fully saturated rings. The number of amides is 1. The molecule has 0 atom stereocenters. The molecule has 2 N–H and O–H groups in total. The summed E-state index contributed by atoms with van der Waals surface area (Å²) in [6.07, 6.45) is 1.56. The van der Waals surface area contributed by atoms with Gasteiger partial charge in [-0.1, -0.05) is 48.5 Å². The molecule has 1 amide bonds. The van der Waals surface area contributed by atoms with E-state index in [1.165, 1.54) is 0 Å². The first-order chi connectivity index (χ1) is 14.2. The minimum Gasteiger partial charge on any atom is -0.493 e. The molecule has 4 rings (SSSR count). The number of ether oxygens (including phenoxy) is 1. The first-order valence-electron chi connectivity index (χ1n) is 9.34. The van der Waals surface area contributed by atoms with E-state index in [0.29, 0.717) is 23.7 Å². The molecule has 3 aromatic carbocycles. The summed E-state index contributed by atoms with van der Waals surface area (Å²) in [6, 6.07) is 23.4. The van der Waals surface area contributed by atoms with Crippen molar-refractivity contribution in [2.45, 2.75) is 6.92 Å². The van der Waals surface area contributed by atoms with Crippen LogP contribution >= 0.6 is 0 Å². The molecule has 0 saturated carbocycles. The van der Waals surface area contributed by atoms with Crippen molar-refractivity contribution in [1.82, 2.24) is 15.6 Å². The lowest BCUT2D eigenvalue weighted by Gasteiger charge is -2.05. The highest BCUT2D eigenvalue weighted by molar-refractivity contribution is 5.95. The lowest BCUT2D eigenvalue weighted by molar-refractivity contribution is 0.0950. The van der Waals surface area contributed by atoms with Crippen LogP contribution in [0.1, 0.15) is 23.0 Å². The van der Waals surface area contributed by atoms with Crippen molar-refractivity contribution in [2.24, 2.45) is 5.10 Å². The van der Waals surface area contributed by atoms with E-state index in [4.69, 9.17) is 4.74 Å². The van der Waals surface area contributed by atoms with E-state index < -0.39 is 0 Å². The fourth-order valence-electron chi connectivity index (χ4n) is 3.03. The SMILES string of the molecule is CCOc1ccccc1/C=N\NC(=O)c1cc(-c2ccc3ccccc3c2)n[nH]1. The molecule has 6 nitrogen and oxygen atoms in total. The molecule has 29 heavy (non-hydrogen) atoms. The summed E-state index contributed by atoms with van der Waals surface area (Å²) in [6.45, 7) is 2.48. The molecule has 1 aromatic heterocycles. The number of carbonyl (C=O) groups excluding carboxylic acids is 1. The zero-order valence-electron chi connectivity index (χ0n) is 15.9. The van der Waals surface area contributed by atoms with Crippen LogP contribution in [0, 0.1) is 0 Å². The summed E-state index contributed by atoms with van der Waals surface area (Å²) >= 11 is 0. The second-order valence-electron chi connectivity index (χ2n) is 6.40. The Labute approximate surface area is 168 Å². The number of benzene rings is 3. The molecular formula is C23H20N4O2. The Morgan fingerprint density at radius 3 is 2.72 bits per heavy atom. The largest absolute Gasteiger partial charge is 0.493 e. The molecule has 1 heterocycles. The smallest absolute Gasteiger partial charge is 0.289 e. The van der Waals surface area contributed by atoms with Gasteiger partial charge >= 0.3 is 0 Å². The average Bonchev–Trinajstić information content (AvgIpc) is 3.25. The van der Waals surface area contributed by atoms with Crippen LogP contribution in [0.25, 0.3) is 22.0 Å². The summed E-state index contributed by atoms with van der Waals surface area (Å²) in [7, 11) is 0. The quantitative estimate of drug-likeness (QED) is 0.382. The molecule has 0 saturated heterocycles. The van der Waals surface area contributed by atoms with Crippen molar-refractivity contribution in [1.29, 1.82) is 0 Å². The number of rotatable bonds is 6. The second-order valence-corrected chi connectivity index (χ2v) is 6.40. The summed E-state index contributed by atoms with van der Waals surface area (Å²) < 4.78 is 5.54. The molecule has 6 heteroatoms. The number of hydrazone groups is 1. The highest BCUT2D eigenvalue weighted by Crippen LogP contribution is 2.23. The predicted octanol–water partition coefficient (Wildman–Crippen LogP) is 4.39. The molecular weight excluding hydrogens is 364 g/mol. The maximum atomic E-state index is 12.4. The Morgan fingerprint density at radius 1 is 1.07 bits per heavy atom. The minimum absolute atomic E-state index is 0.336. The molecule has 0 aliphatic rings. The summed E-state index contributed by atoms with van der Waals surface area (Å²) in [5.74, 6) is 0.350. The number of para-hydroxylation sites is 1. The monoisotopic (exact) mass is 384 g/mol. The highest BCUT2D eigenvalue weighted by atomic mass is 16.5. The Kier molecular flexibility index (Phi) is 5.33. The van der Waals surface area contributed by atoms with Gasteiger partial charge in [-0.2, -0.15) is 10.2 Å². The van der Waals surface area contributed by atoms with Gasteiger partial charge in [0, 0.05) is 11.1 Å².